The minimum atomic E-state index is -0.0414. The number of nitrogens with two attached hydrogens (primary N) is 1. The van der Waals surface area contributed by atoms with Gasteiger partial charge >= 0.3 is 0 Å². The molecule has 4 N–H and O–H groups in total. The van der Waals surface area contributed by atoms with E-state index < -0.39 is 0 Å². The van der Waals surface area contributed by atoms with E-state index in [1.165, 1.54) is 6.92 Å². The first-order valence-electron chi connectivity index (χ1n) is 4.48. The summed E-state index contributed by atoms with van der Waals surface area (Å²) in [5.41, 5.74) is 7.19. The highest BCUT2D eigenvalue weighted by molar-refractivity contribution is 7.80. The first-order valence-corrected chi connectivity index (χ1v) is 4.88. The van der Waals surface area contributed by atoms with Crippen LogP contribution in [0.25, 0.3) is 0 Å². The Morgan fingerprint density at radius 2 is 2.00 bits per heavy atom. The predicted octanol–water partition coefficient (Wildman–Crippen LogP) is 0.978. The Balaban J connectivity index is 2.56. The lowest BCUT2D eigenvalue weighted by molar-refractivity contribution is -0.119. The molecule has 0 bridgehead atoms. The molecule has 15 heavy (non-hydrogen) atoms. The van der Waals surface area contributed by atoms with Crippen LogP contribution in [0.3, 0.4) is 0 Å². The number of amides is 1. The number of rotatable bonds is 3. The maximum atomic E-state index is 10.7. The van der Waals surface area contributed by atoms with Gasteiger partial charge in [-0.3, -0.25) is 4.79 Å². The summed E-state index contributed by atoms with van der Waals surface area (Å²) in [6, 6.07) is 7.51. The van der Waals surface area contributed by atoms with Gasteiger partial charge in [-0.25, -0.2) is 0 Å². The molecule has 0 unspecified atom stereocenters. The summed E-state index contributed by atoms with van der Waals surface area (Å²) in [4.78, 5) is 10.7. The molecule has 80 valence electrons. The molecule has 0 aliphatic rings. The molecule has 1 aromatic rings. The van der Waals surface area contributed by atoms with Gasteiger partial charge < -0.3 is 16.4 Å². The van der Waals surface area contributed by atoms with E-state index in [9.17, 15) is 4.79 Å². The second-order valence-corrected chi connectivity index (χ2v) is 3.54. The number of hydrogen-bond acceptors (Lipinski definition) is 2. The quantitative estimate of drug-likeness (QED) is 0.668. The number of benzene rings is 1. The van der Waals surface area contributed by atoms with Crippen LogP contribution in [0.5, 0.6) is 0 Å². The van der Waals surface area contributed by atoms with E-state index >= 15 is 0 Å². The summed E-state index contributed by atoms with van der Waals surface area (Å²) >= 11 is 4.71. The Morgan fingerprint density at radius 1 is 1.40 bits per heavy atom. The normalized spacial score (nSPS) is 9.40. The van der Waals surface area contributed by atoms with Crippen LogP contribution in [0.4, 0.5) is 5.69 Å². The number of anilines is 1. The SMILES string of the molecule is CC(=O)NCc1ccc(NC(N)=S)cc1. The fourth-order valence-corrected chi connectivity index (χ4v) is 1.19. The van der Waals surface area contributed by atoms with Crippen molar-refractivity contribution in [2.24, 2.45) is 5.73 Å². The molecule has 0 atom stereocenters. The zero-order chi connectivity index (χ0) is 11.3. The smallest absolute Gasteiger partial charge is 0.217 e. The lowest BCUT2D eigenvalue weighted by Gasteiger charge is -2.05. The minimum Gasteiger partial charge on any atom is -0.376 e. The predicted molar refractivity (Wildman–Crippen MR) is 64.4 cm³/mol. The van der Waals surface area contributed by atoms with Crippen molar-refractivity contribution in [1.29, 1.82) is 0 Å². The van der Waals surface area contributed by atoms with Gasteiger partial charge in [0.2, 0.25) is 5.91 Å². The van der Waals surface area contributed by atoms with Gasteiger partial charge in [0.05, 0.1) is 0 Å². The summed E-state index contributed by atoms with van der Waals surface area (Å²) in [6.45, 7) is 2.02. The minimum absolute atomic E-state index is 0.0414. The van der Waals surface area contributed by atoms with Crippen LogP contribution in [0, 0.1) is 0 Å². The van der Waals surface area contributed by atoms with Gasteiger partial charge in [-0.15, -0.1) is 0 Å². The molecule has 0 fully saturated rings. The molecule has 1 rings (SSSR count). The Bertz CT molecular complexity index is 361. The lowest BCUT2D eigenvalue weighted by Crippen LogP contribution is -2.20. The molecule has 5 heteroatoms. The maximum absolute atomic E-state index is 10.7. The molecular weight excluding hydrogens is 210 g/mol. The highest BCUT2D eigenvalue weighted by Gasteiger charge is 1.96. The number of thiocarbonyl (C=S) groups is 1. The Labute approximate surface area is 93.9 Å². The molecule has 0 spiro atoms. The van der Waals surface area contributed by atoms with Gasteiger partial charge in [-0.1, -0.05) is 12.1 Å². The number of hydrogen-bond donors (Lipinski definition) is 3. The third-order valence-electron chi connectivity index (χ3n) is 1.76. The summed E-state index contributed by atoms with van der Waals surface area (Å²) in [5.74, 6) is -0.0414. The van der Waals surface area contributed by atoms with Crippen LogP contribution in [0.1, 0.15) is 12.5 Å². The molecule has 0 aromatic heterocycles. The number of carbonyl (C=O) groups excluding carboxylic acids is 1. The van der Waals surface area contributed by atoms with Gasteiger partial charge in [-0.2, -0.15) is 0 Å². The van der Waals surface area contributed by atoms with Crippen molar-refractivity contribution in [2.75, 3.05) is 5.32 Å². The molecule has 1 amide bonds. The highest BCUT2D eigenvalue weighted by atomic mass is 32.1. The van der Waals surface area contributed by atoms with Gasteiger partial charge in [0.15, 0.2) is 5.11 Å². The standard InChI is InChI=1S/C10H13N3OS/c1-7(14)12-6-8-2-4-9(5-3-8)13-10(11)15/h2-5H,6H2,1H3,(H,12,14)(H3,11,13,15). The summed E-state index contributed by atoms with van der Waals surface area (Å²) in [7, 11) is 0. The van der Waals surface area contributed by atoms with Crippen LogP contribution < -0.4 is 16.4 Å². The first-order chi connectivity index (χ1) is 7.08. The molecule has 0 heterocycles. The van der Waals surface area contributed by atoms with E-state index in [1.54, 1.807) is 0 Å². The monoisotopic (exact) mass is 223 g/mol. The van der Waals surface area contributed by atoms with Crippen molar-refractivity contribution in [1.82, 2.24) is 5.32 Å². The van der Waals surface area contributed by atoms with Crippen molar-refractivity contribution >= 4 is 28.9 Å². The van der Waals surface area contributed by atoms with E-state index in [4.69, 9.17) is 18.0 Å². The van der Waals surface area contributed by atoms with E-state index in [-0.39, 0.29) is 11.0 Å². The average molecular weight is 223 g/mol. The molecule has 0 radical (unpaired) electrons. The van der Waals surface area contributed by atoms with Gasteiger partial charge in [-0.05, 0) is 29.9 Å². The number of nitrogens with one attached hydrogen (secondary N) is 2. The van der Waals surface area contributed by atoms with Crippen LogP contribution in [0.15, 0.2) is 24.3 Å². The van der Waals surface area contributed by atoms with Crippen LogP contribution >= 0.6 is 12.2 Å². The van der Waals surface area contributed by atoms with Gasteiger partial charge in [0.1, 0.15) is 0 Å². The van der Waals surface area contributed by atoms with Crippen molar-refractivity contribution in [3.8, 4) is 0 Å². The van der Waals surface area contributed by atoms with Crippen LogP contribution in [0.2, 0.25) is 0 Å². The molecule has 0 saturated heterocycles. The van der Waals surface area contributed by atoms with Crippen LogP contribution in [-0.4, -0.2) is 11.0 Å². The third-order valence-corrected chi connectivity index (χ3v) is 1.86. The van der Waals surface area contributed by atoms with E-state index in [1.807, 2.05) is 24.3 Å². The lowest BCUT2D eigenvalue weighted by atomic mass is 10.2. The van der Waals surface area contributed by atoms with E-state index in [0.717, 1.165) is 11.3 Å². The first kappa shape index (κ1) is 11.5. The second-order valence-electron chi connectivity index (χ2n) is 3.10. The Morgan fingerprint density at radius 3 is 2.47 bits per heavy atom. The Hall–Kier alpha value is -1.62. The zero-order valence-electron chi connectivity index (χ0n) is 8.41. The van der Waals surface area contributed by atoms with Crippen molar-refractivity contribution in [2.45, 2.75) is 13.5 Å². The van der Waals surface area contributed by atoms with E-state index in [2.05, 4.69) is 10.6 Å². The fourth-order valence-electron chi connectivity index (χ4n) is 1.07. The second kappa shape index (κ2) is 5.31. The average Bonchev–Trinajstić information content (AvgIpc) is 2.16. The molecule has 4 nitrogen and oxygen atoms in total. The van der Waals surface area contributed by atoms with Crippen molar-refractivity contribution in [3.63, 3.8) is 0 Å². The summed E-state index contributed by atoms with van der Waals surface area (Å²) in [6.07, 6.45) is 0. The molecule has 1 aromatic carbocycles. The highest BCUT2D eigenvalue weighted by Crippen LogP contribution is 2.08. The zero-order valence-corrected chi connectivity index (χ0v) is 9.23. The topological polar surface area (TPSA) is 67.2 Å². The maximum Gasteiger partial charge on any atom is 0.217 e. The Kier molecular flexibility index (Phi) is 4.05. The third kappa shape index (κ3) is 4.42. The van der Waals surface area contributed by atoms with Gasteiger partial charge in [0.25, 0.3) is 0 Å². The summed E-state index contributed by atoms with van der Waals surface area (Å²) < 4.78 is 0. The molecule has 0 aliphatic heterocycles. The van der Waals surface area contributed by atoms with E-state index in [0.29, 0.717) is 6.54 Å². The largest absolute Gasteiger partial charge is 0.376 e. The summed E-state index contributed by atoms with van der Waals surface area (Å²) in [5, 5.41) is 5.77. The molecule has 0 saturated carbocycles. The molecule has 0 aliphatic carbocycles. The van der Waals surface area contributed by atoms with Crippen LogP contribution in [-0.2, 0) is 11.3 Å². The fraction of sp³-hybridized carbons (Fsp3) is 0.200. The van der Waals surface area contributed by atoms with Crippen molar-refractivity contribution < 1.29 is 4.79 Å². The van der Waals surface area contributed by atoms with Gasteiger partial charge in [0, 0.05) is 19.2 Å². The number of carbonyl (C=O) groups is 1. The molecular formula is C10H13N3OS. The van der Waals surface area contributed by atoms with Crippen molar-refractivity contribution in [3.05, 3.63) is 29.8 Å².